The number of nitrogens with zero attached hydrogens (tertiary/aromatic N) is 4. The standard InChI is InChI=1S/2C14H12N2O4/c1-3-16-11(17)7-4-8(12(16)18)6-10-9(5-7)13(19)15(2)14(10)20;1-3-4-16-13(19)9-5-7-8(6-10(9)14(16)20)12(18)15(2)11(7)17/h2*5-6H,3-4H2,1-2H3. The first-order valence-corrected chi connectivity index (χ1v) is 12.6. The van der Waals surface area contributed by atoms with E-state index < -0.39 is 45.9 Å². The first-order valence-electron chi connectivity index (χ1n) is 12.6. The smallest absolute Gasteiger partial charge is 0.261 e. The number of amides is 4. The summed E-state index contributed by atoms with van der Waals surface area (Å²) in [4.78, 5) is 98.6. The molecule has 0 unspecified atom stereocenters. The average Bonchev–Trinajstić information content (AvgIpc) is 3.30. The van der Waals surface area contributed by atoms with Gasteiger partial charge in [-0.1, -0.05) is 6.92 Å². The van der Waals surface area contributed by atoms with Gasteiger partial charge in [0.25, 0.3) is 45.9 Å². The molecule has 4 amide bonds. The van der Waals surface area contributed by atoms with Crippen LogP contribution < -0.4 is 22.2 Å². The number of likely N-dealkylation sites (N-methyl/N-ethyl adjacent to an activating group) is 2. The lowest BCUT2D eigenvalue weighted by Gasteiger charge is -2.27. The number of hydrogen-bond donors (Lipinski definition) is 0. The number of carbonyl (C=O) groups is 4. The van der Waals surface area contributed by atoms with Crippen LogP contribution in [0.15, 0.2) is 65.8 Å². The first-order chi connectivity index (χ1) is 18.9. The molecule has 0 spiro atoms. The average molecular weight is 545 g/mol. The minimum Gasteiger partial charge on any atom is -0.277 e. The van der Waals surface area contributed by atoms with Crippen LogP contribution in [0.1, 0.15) is 26.7 Å². The number of likely N-dealkylation sites (tertiary alicyclic amines) is 1. The molecule has 12 heteroatoms. The van der Waals surface area contributed by atoms with Crippen molar-refractivity contribution in [2.75, 3.05) is 13.6 Å². The largest absolute Gasteiger partial charge is 0.277 e. The molecule has 204 valence electrons. The second-order valence-electron chi connectivity index (χ2n) is 9.74. The molecule has 12 nitrogen and oxygen atoms in total. The predicted octanol–water partition coefficient (Wildman–Crippen LogP) is -0.214. The molecule has 40 heavy (non-hydrogen) atoms. The minimum atomic E-state index is -0.443. The number of aromatic nitrogens is 2. The van der Waals surface area contributed by atoms with Gasteiger partial charge in [0.1, 0.15) is 0 Å². The van der Waals surface area contributed by atoms with Crippen molar-refractivity contribution in [1.29, 1.82) is 0 Å². The zero-order valence-electron chi connectivity index (χ0n) is 22.2. The highest BCUT2D eigenvalue weighted by atomic mass is 16.2. The van der Waals surface area contributed by atoms with Gasteiger partial charge in [-0.3, -0.25) is 57.3 Å². The highest BCUT2D eigenvalue weighted by Crippen LogP contribution is 2.33. The summed E-state index contributed by atoms with van der Waals surface area (Å²) in [6, 6.07) is 2.73. The molecule has 2 aromatic heterocycles. The van der Waals surface area contributed by atoms with Crippen molar-refractivity contribution in [3.63, 3.8) is 0 Å². The van der Waals surface area contributed by atoms with Gasteiger partial charge in [-0.15, -0.1) is 0 Å². The molecule has 0 radical (unpaired) electrons. The van der Waals surface area contributed by atoms with Gasteiger partial charge in [0, 0.05) is 44.8 Å². The molecule has 3 aliphatic rings. The number of hydrogen-bond acceptors (Lipinski definition) is 8. The molecule has 4 heterocycles. The molecule has 0 saturated carbocycles. The van der Waals surface area contributed by atoms with Gasteiger partial charge < -0.3 is 0 Å². The van der Waals surface area contributed by atoms with Crippen molar-refractivity contribution in [3.8, 4) is 0 Å². The molecule has 1 fully saturated rings. The van der Waals surface area contributed by atoms with Crippen LogP contribution >= 0.6 is 0 Å². The van der Waals surface area contributed by atoms with E-state index in [1.165, 1.54) is 38.4 Å². The van der Waals surface area contributed by atoms with Crippen LogP contribution in [0.2, 0.25) is 0 Å². The molecule has 0 N–H and O–H groups in total. The fraction of sp³-hybridized carbons (Fsp3) is 0.286. The fourth-order valence-corrected chi connectivity index (χ4v) is 5.19. The molecule has 2 aliphatic heterocycles. The molecular weight excluding hydrogens is 520 g/mol. The SMILES string of the molecule is CCCn1c(=O)c2cc3c(=O)n(C)c(=O)c3cc2c1=O.CCN1C(=O)C2=CC3=C(C=C(C2)C1=O)C(=O)N(C)C3=O. The zero-order chi connectivity index (χ0) is 29.2. The van der Waals surface area contributed by atoms with E-state index in [1.807, 2.05) is 6.92 Å². The predicted molar refractivity (Wildman–Crippen MR) is 144 cm³/mol. The highest BCUT2D eigenvalue weighted by molar-refractivity contribution is 6.25. The molecule has 2 bridgehead atoms. The van der Waals surface area contributed by atoms with E-state index in [4.69, 9.17) is 0 Å². The normalized spacial score (nSPS) is 16.9. The number of imide groups is 2. The Labute approximate surface area is 225 Å². The van der Waals surface area contributed by atoms with E-state index in [0.717, 1.165) is 18.9 Å². The third kappa shape index (κ3) is 3.67. The molecule has 6 rings (SSSR count). The van der Waals surface area contributed by atoms with Crippen molar-refractivity contribution < 1.29 is 19.2 Å². The molecule has 1 saturated heterocycles. The third-order valence-corrected chi connectivity index (χ3v) is 7.36. The van der Waals surface area contributed by atoms with Crippen molar-refractivity contribution in [2.24, 2.45) is 7.05 Å². The summed E-state index contributed by atoms with van der Waals surface area (Å²) in [5.41, 5.74) is -0.542. The number of piperidine rings is 1. The van der Waals surface area contributed by atoms with Crippen molar-refractivity contribution in [1.82, 2.24) is 18.9 Å². The molecule has 1 aromatic carbocycles. The Morgan fingerprint density at radius 2 is 1.05 bits per heavy atom. The van der Waals surface area contributed by atoms with E-state index in [2.05, 4.69) is 0 Å². The van der Waals surface area contributed by atoms with Crippen LogP contribution in [-0.2, 0) is 32.8 Å². The van der Waals surface area contributed by atoms with Crippen LogP contribution in [-0.4, -0.2) is 56.2 Å². The number of rotatable bonds is 3. The maximum absolute atomic E-state index is 12.2. The lowest BCUT2D eigenvalue weighted by molar-refractivity contribution is -0.141. The Hall–Kier alpha value is -5.00. The van der Waals surface area contributed by atoms with Gasteiger partial charge in [0.2, 0.25) is 0 Å². The lowest BCUT2D eigenvalue weighted by Crippen LogP contribution is -2.42. The van der Waals surface area contributed by atoms with Crippen molar-refractivity contribution in [3.05, 3.63) is 88.0 Å². The van der Waals surface area contributed by atoms with Gasteiger partial charge in [0.15, 0.2) is 0 Å². The fourth-order valence-electron chi connectivity index (χ4n) is 5.19. The molecular formula is C28H24N4O8. The maximum Gasteiger partial charge on any atom is 0.261 e. The summed E-state index contributed by atoms with van der Waals surface area (Å²) >= 11 is 0. The highest BCUT2D eigenvalue weighted by Gasteiger charge is 2.40. The van der Waals surface area contributed by atoms with Crippen molar-refractivity contribution in [2.45, 2.75) is 33.2 Å². The van der Waals surface area contributed by atoms with Crippen LogP contribution in [0, 0.1) is 0 Å². The second kappa shape index (κ2) is 9.33. The van der Waals surface area contributed by atoms with Gasteiger partial charge in [-0.2, -0.15) is 0 Å². The summed E-state index contributed by atoms with van der Waals surface area (Å²) < 4.78 is 2.14. The van der Waals surface area contributed by atoms with Crippen LogP contribution in [0.25, 0.3) is 21.5 Å². The number of fused-ring (bicyclic) bond motifs is 4. The van der Waals surface area contributed by atoms with Crippen LogP contribution in [0.4, 0.5) is 0 Å². The third-order valence-electron chi connectivity index (χ3n) is 7.36. The van der Waals surface area contributed by atoms with E-state index in [1.54, 1.807) is 6.92 Å². The monoisotopic (exact) mass is 544 g/mol. The van der Waals surface area contributed by atoms with Crippen LogP contribution in [0.5, 0.6) is 0 Å². The Balaban J connectivity index is 0.000000161. The zero-order valence-corrected chi connectivity index (χ0v) is 22.2. The van der Waals surface area contributed by atoms with Gasteiger partial charge in [0.05, 0.1) is 32.7 Å². The van der Waals surface area contributed by atoms with E-state index in [-0.39, 0.29) is 45.7 Å². The summed E-state index contributed by atoms with van der Waals surface area (Å²) in [5, 5.41) is 0.795. The Kier molecular flexibility index (Phi) is 6.20. The Morgan fingerprint density at radius 1 is 0.625 bits per heavy atom. The van der Waals surface area contributed by atoms with Gasteiger partial charge in [-0.05, 0) is 37.6 Å². The summed E-state index contributed by atoms with van der Waals surface area (Å²) in [6.45, 7) is 4.17. The summed E-state index contributed by atoms with van der Waals surface area (Å²) in [5.74, 6) is -1.66. The number of carbonyl (C=O) groups excluding carboxylic acids is 4. The lowest BCUT2D eigenvalue weighted by atomic mass is 9.97. The Bertz CT molecular complexity index is 1880. The maximum atomic E-state index is 12.2. The first kappa shape index (κ1) is 26.6. The molecule has 0 atom stereocenters. The van der Waals surface area contributed by atoms with Gasteiger partial charge in [-0.25, -0.2) is 0 Å². The molecule has 3 aromatic rings. The van der Waals surface area contributed by atoms with E-state index >= 15 is 0 Å². The van der Waals surface area contributed by atoms with Crippen LogP contribution in [0.3, 0.4) is 0 Å². The topological polar surface area (TPSA) is 153 Å². The Morgan fingerprint density at radius 3 is 1.45 bits per heavy atom. The molecule has 1 aliphatic carbocycles. The minimum absolute atomic E-state index is 0.172. The summed E-state index contributed by atoms with van der Waals surface area (Å²) in [6.07, 6.45) is 3.72. The number of benzene rings is 1. The van der Waals surface area contributed by atoms with E-state index in [0.29, 0.717) is 24.1 Å². The second-order valence-corrected chi connectivity index (χ2v) is 9.74. The van der Waals surface area contributed by atoms with Gasteiger partial charge >= 0.3 is 0 Å². The van der Waals surface area contributed by atoms with Crippen molar-refractivity contribution >= 4 is 45.2 Å². The summed E-state index contributed by atoms with van der Waals surface area (Å²) in [7, 11) is 2.76. The van der Waals surface area contributed by atoms with E-state index in [9.17, 15) is 38.4 Å². The quantitative estimate of drug-likeness (QED) is 0.411.